The normalized spacial score (nSPS) is 9.95. The van der Waals surface area contributed by atoms with E-state index < -0.39 is 5.97 Å². The van der Waals surface area contributed by atoms with Gasteiger partial charge in [0.15, 0.2) is 0 Å². The Morgan fingerprint density at radius 3 is 2.75 bits per heavy atom. The summed E-state index contributed by atoms with van der Waals surface area (Å²) in [6.45, 7) is 2.82. The second-order valence-corrected chi connectivity index (χ2v) is 4.65. The lowest BCUT2D eigenvalue weighted by Crippen LogP contribution is -2.30. The molecule has 0 aliphatic carbocycles. The standard InChI is InChI=1S/C14H19ClN2O3/c1-3-4-7-16-13(18)9-17-12-8-10(14(19)20-2)5-6-11(12)15/h5-6,8,17H,3-4,7,9H2,1-2H3,(H,16,18). The number of nitrogens with one attached hydrogen (secondary N) is 2. The zero-order valence-electron chi connectivity index (χ0n) is 11.7. The molecular weight excluding hydrogens is 280 g/mol. The zero-order valence-corrected chi connectivity index (χ0v) is 12.4. The van der Waals surface area contributed by atoms with Gasteiger partial charge < -0.3 is 15.4 Å². The summed E-state index contributed by atoms with van der Waals surface area (Å²) in [5, 5.41) is 6.14. The van der Waals surface area contributed by atoms with Crippen molar-refractivity contribution in [2.45, 2.75) is 19.8 Å². The molecule has 0 heterocycles. The van der Waals surface area contributed by atoms with Crippen LogP contribution in [0.2, 0.25) is 5.02 Å². The fourth-order valence-electron chi connectivity index (χ4n) is 1.55. The Kier molecular flexibility index (Phi) is 6.87. The zero-order chi connectivity index (χ0) is 15.0. The summed E-state index contributed by atoms with van der Waals surface area (Å²) in [7, 11) is 1.31. The first-order valence-electron chi connectivity index (χ1n) is 6.47. The molecule has 1 aromatic rings. The molecule has 110 valence electrons. The van der Waals surface area contributed by atoms with E-state index in [-0.39, 0.29) is 12.5 Å². The molecule has 0 spiro atoms. The van der Waals surface area contributed by atoms with Crippen molar-refractivity contribution in [3.63, 3.8) is 0 Å². The highest BCUT2D eigenvalue weighted by atomic mass is 35.5. The molecule has 0 atom stereocenters. The van der Waals surface area contributed by atoms with Crippen LogP contribution in [0.25, 0.3) is 0 Å². The van der Waals surface area contributed by atoms with Crippen molar-refractivity contribution in [1.82, 2.24) is 5.32 Å². The quantitative estimate of drug-likeness (QED) is 0.599. The molecular formula is C14H19ClN2O3. The molecule has 2 N–H and O–H groups in total. The van der Waals surface area contributed by atoms with E-state index in [2.05, 4.69) is 22.3 Å². The van der Waals surface area contributed by atoms with Crippen molar-refractivity contribution in [1.29, 1.82) is 0 Å². The van der Waals surface area contributed by atoms with Crippen LogP contribution < -0.4 is 10.6 Å². The smallest absolute Gasteiger partial charge is 0.337 e. The Labute approximate surface area is 123 Å². The van der Waals surface area contributed by atoms with Gasteiger partial charge in [-0.2, -0.15) is 0 Å². The molecule has 1 amide bonds. The number of ether oxygens (including phenoxy) is 1. The van der Waals surface area contributed by atoms with Crippen LogP contribution in [0, 0.1) is 0 Å². The molecule has 5 nitrogen and oxygen atoms in total. The van der Waals surface area contributed by atoms with Crippen molar-refractivity contribution in [2.24, 2.45) is 0 Å². The Hall–Kier alpha value is -1.75. The molecule has 0 saturated carbocycles. The number of unbranched alkanes of at least 4 members (excludes halogenated alkanes) is 1. The molecule has 0 radical (unpaired) electrons. The number of anilines is 1. The van der Waals surface area contributed by atoms with Gasteiger partial charge in [0.25, 0.3) is 0 Å². The maximum Gasteiger partial charge on any atom is 0.337 e. The Morgan fingerprint density at radius 2 is 2.10 bits per heavy atom. The summed E-state index contributed by atoms with van der Waals surface area (Å²) in [6, 6.07) is 4.72. The first-order valence-corrected chi connectivity index (χ1v) is 6.84. The summed E-state index contributed by atoms with van der Waals surface area (Å²) < 4.78 is 4.63. The molecule has 6 heteroatoms. The van der Waals surface area contributed by atoms with E-state index in [1.807, 2.05) is 0 Å². The number of carbonyl (C=O) groups excluding carboxylic acids is 2. The van der Waals surface area contributed by atoms with Gasteiger partial charge in [0.1, 0.15) is 0 Å². The average molecular weight is 299 g/mol. The molecule has 0 aliphatic heterocycles. The molecule has 0 unspecified atom stereocenters. The number of esters is 1. The van der Waals surface area contributed by atoms with Crippen molar-refractivity contribution in [3.8, 4) is 0 Å². The number of amides is 1. The fraction of sp³-hybridized carbons (Fsp3) is 0.429. The van der Waals surface area contributed by atoms with Gasteiger partial charge in [0.2, 0.25) is 5.91 Å². The number of hydrogen-bond acceptors (Lipinski definition) is 4. The third kappa shape index (κ3) is 5.09. The second kappa shape index (κ2) is 8.43. The molecule has 0 bridgehead atoms. The predicted molar refractivity (Wildman–Crippen MR) is 79.2 cm³/mol. The molecule has 1 aromatic carbocycles. The summed E-state index contributed by atoms with van der Waals surface area (Å²) in [4.78, 5) is 23.0. The lowest BCUT2D eigenvalue weighted by atomic mass is 10.2. The summed E-state index contributed by atoms with van der Waals surface area (Å²) in [5.74, 6) is -0.560. The van der Waals surface area contributed by atoms with Crippen LogP contribution >= 0.6 is 11.6 Å². The van der Waals surface area contributed by atoms with Gasteiger partial charge in [0.05, 0.1) is 29.9 Å². The van der Waals surface area contributed by atoms with Crippen LogP contribution in [0.1, 0.15) is 30.1 Å². The third-order valence-electron chi connectivity index (χ3n) is 2.68. The molecule has 0 fully saturated rings. The topological polar surface area (TPSA) is 67.4 Å². The lowest BCUT2D eigenvalue weighted by Gasteiger charge is -2.10. The Balaban J connectivity index is 2.58. The maximum atomic E-state index is 11.6. The number of methoxy groups -OCH3 is 1. The number of carbonyl (C=O) groups is 2. The SMILES string of the molecule is CCCCNC(=O)CNc1cc(C(=O)OC)ccc1Cl. The minimum atomic E-state index is -0.447. The Bertz CT molecular complexity index is 477. The van der Waals surface area contributed by atoms with Crippen LogP contribution in [0.15, 0.2) is 18.2 Å². The van der Waals surface area contributed by atoms with Gasteiger partial charge >= 0.3 is 5.97 Å². The molecule has 20 heavy (non-hydrogen) atoms. The highest BCUT2D eigenvalue weighted by Gasteiger charge is 2.09. The van der Waals surface area contributed by atoms with E-state index in [0.29, 0.717) is 22.8 Å². The average Bonchev–Trinajstić information content (AvgIpc) is 2.46. The molecule has 1 rings (SSSR count). The van der Waals surface area contributed by atoms with Gasteiger partial charge in [-0.05, 0) is 24.6 Å². The van der Waals surface area contributed by atoms with Crippen LogP contribution in [0.4, 0.5) is 5.69 Å². The van der Waals surface area contributed by atoms with Gasteiger partial charge in [-0.15, -0.1) is 0 Å². The van der Waals surface area contributed by atoms with Crippen molar-refractivity contribution in [3.05, 3.63) is 28.8 Å². The van der Waals surface area contributed by atoms with E-state index in [1.165, 1.54) is 7.11 Å². The van der Waals surface area contributed by atoms with Crippen LogP contribution in [0.3, 0.4) is 0 Å². The lowest BCUT2D eigenvalue weighted by molar-refractivity contribution is -0.119. The van der Waals surface area contributed by atoms with E-state index in [1.54, 1.807) is 18.2 Å². The maximum absolute atomic E-state index is 11.6. The second-order valence-electron chi connectivity index (χ2n) is 4.24. The summed E-state index contributed by atoms with van der Waals surface area (Å²) in [5.41, 5.74) is 0.908. The van der Waals surface area contributed by atoms with Gasteiger partial charge in [-0.25, -0.2) is 4.79 Å². The minimum Gasteiger partial charge on any atom is -0.465 e. The van der Waals surface area contributed by atoms with Crippen molar-refractivity contribution < 1.29 is 14.3 Å². The first-order chi connectivity index (χ1) is 9.58. The monoisotopic (exact) mass is 298 g/mol. The number of halogens is 1. The highest BCUT2D eigenvalue weighted by Crippen LogP contribution is 2.23. The van der Waals surface area contributed by atoms with Gasteiger partial charge in [-0.3, -0.25) is 4.79 Å². The number of rotatable bonds is 7. The van der Waals surface area contributed by atoms with Crippen molar-refractivity contribution >= 4 is 29.2 Å². The fourth-order valence-corrected chi connectivity index (χ4v) is 1.73. The van der Waals surface area contributed by atoms with E-state index in [0.717, 1.165) is 12.8 Å². The van der Waals surface area contributed by atoms with E-state index in [9.17, 15) is 9.59 Å². The highest BCUT2D eigenvalue weighted by molar-refractivity contribution is 6.33. The van der Waals surface area contributed by atoms with E-state index >= 15 is 0 Å². The third-order valence-corrected chi connectivity index (χ3v) is 3.01. The molecule has 0 aliphatic rings. The predicted octanol–water partition coefficient (Wildman–Crippen LogP) is 2.45. The van der Waals surface area contributed by atoms with Crippen LogP contribution in [-0.2, 0) is 9.53 Å². The Morgan fingerprint density at radius 1 is 1.35 bits per heavy atom. The summed E-state index contributed by atoms with van der Waals surface area (Å²) in [6.07, 6.45) is 1.98. The molecule has 0 aromatic heterocycles. The van der Waals surface area contributed by atoms with Crippen LogP contribution in [0.5, 0.6) is 0 Å². The summed E-state index contributed by atoms with van der Waals surface area (Å²) >= 11 is 6.01. The molecule has 0 saturated heterocycles. The number of hydrogen-bond donors (Lipinski definition) is 2. The van der Waals surface area contributed by atoms with Gasteiger partial charge in [-0.1, -0.05) is 24.9 Å². The van der Waals surface area contributed by atoms with Crippen molar-refractivity contribution in [2.75, 3.05) is 25.5 Å². The first kappa shape index (κ1) is 16.3. The van der Waals surface area contributed by atoms with Crippen LogP contribution in [-0.4, -0.2) is 32.1 Å². The largest absolute Gasteiger partial charge is 0.465 e. The number of benzene rings is 1. The minimum absolute atomic E-state index is 0.105. The van der Waals surface area contributed by atoms with E-state index in [4.69, 9.17) is 11.6 Å². The van der Waals surface area contributed by atoms with Gasteiger partial charge in [0, 0.05) is 6.54 Å².